The van der Waals surface area contributed by atoms with Crippen molar-refractivity contribution >= 4 is 11.9 Å². The van der Waals surface area contributed by atoms with Gasteiger partial charge in [0, 0.05) is 18.8 Å². The summed E-state index contributed by atoms with van der Waals surface area (Å²) in [5.41, 5.74) is 1.63. The molecular formula is C20H30N2O3. The van der Waals surface area contributed by atoms with E-state index in [1.807, 2.05) is 20.8 Å². The third-order valence-electron chi connectivity index (χ3n) is 3.92. The molecule has 0 fully saturated rings. The summed E-state index contributed by atoms with van der Waals surface area (Å²) in [6.07, 6.45) is 6.22. The third kappa shape index (κ3) is 6.16. The molecule has 1 aromatic rings. The van der Waals surface area contributed by atoms with E-state index >= 15 is 0 Å². The molecule has 1 aromatic heterocycles. The number of hydrogen-bond acceptors (Lipinski definition) is 4. The Bertz CT molecular complexity index is 593. The zero-order chi connectivity index (χ0) is 18.3. The molecule has 0 unspecified atom stereocenters. The predicted molar refractivity (Wildman–Crippen MR) is 100 cm³/mol. The maximum Gasteiger partial charge on any atom is 0.416 e. The summed E-state index contributed by atoms with van der Waals surface area (Å²) in [5, 5.41) is 0. The van der Waals surface area contributed by atoms with Gasteiger partial charge in [-0.3, -0.25) is 4.90 Å². The van der Waals surface area contributed by atoms with Crippen molar-refractivity contribution in [1.29, 1.82) is 0 Å². The number of pyridine rings is 1. The molecule has 5 nitrogen and oxygen atoms in total. The second-order valence-corrected chi connectivity index (χ2v) is 7.34. The number of carbonyl (C=O) groups excluding carboxylic acids is 1. The average Bonchev–Trinajstić information content (AvgIpc) is 2.55. The van der Waals surface area contributed by atoms with Crippen LogP contribution in [0.2, 0.25) is 0 Å². The van der Waals surface area contributed by atoms with E-state index in [9.17, 15) is 4.79 Å². The summed E-state index contributed by atoms with van der Waals surface area (Å²) in [6, 6.07) is 4.17. The number of rotatable bonds is 7. The highest BCUT2D eigenvalue weighted by Crippen LogP contribution is 2.27. The number of ether oxygens (including phenoxy) is 2. The van der Waals surface area contributed by atoms with Crippen LogP contribution in [0.25, 0.3) is 0 Å². The lowest BCUT2D eigenvalue weighted by atomic mass is 10.0. The first-order valence-electron chi connectivity index (χ1n) is 9.08. The Morgan fingerprint density at radius 2 is 2.16 bits per heavy atom. The van der Waals surface area contributed by atoms with Crippen molar-refractivity contribution in [3.05, 3.63) is 36.0 Å². The molecule has 5 heteroatoms. The number of aromatic nitrogens is 1. The number of nitrogens with zero attached hydrogens (tertiary/aromatic N) is 2. The fraction of sp³-hybridized carbons (Fsp3) is 0.600. The Balaban J connectivity index is 1.99. The van der Waals surface area contributed by atoms with Crippen molar-refractivity contribution in [2.75, 3.05) is 24.7 Å². The van der Waals surface area contributed by atoms with E-state index in [1.165, 1.54) is 0 Å². The Morgan fingerprint density at radius 3 is 2.88 bits per heavy atom. The van der Waals surface area contributed by atoms with Crippen LogP contribution in [-0.2, 0) is 22.3 Å². The molecule has 25 heavy (non-hydrogen) atoms. The molecule has 0 bridgehead atoms. The molecule has 0 atom stereocenters. The Labute approximate surface area is 151 Å². The lowest BCUT2D eigenvalue weighted by molar-refractivity contribution is 0.0576. The molecule has 0 saturated carbocycles. The molecule has 0 saturated heterocycles. The van der Waals surface area contributed by atoms with Gasteiger partial charge in [0.1, 0.15) is 11.4 Å². The van der Waals surface area contributed by atoms with Gasteiger partial charge >= 0.3 is 6.09 Å². The largest absolute Gasteiger partial charge is 0.443 e. The van der Waals surface area contributed by atoms with Gasteiger partial charge in [-0.25, -0.2) is 9.78 Å². The standard InChI is InChI=1S/C20H30N2O3/c1-5-14-24-15-7-6-10-17-12-11-16-9-8-13-22(18(16)21-17)19(23)25-20(2,3)4/h5,11-12H,1,6-10,13-15H2,2-4H3. The van der Waals surface area contributed by atoms with Gasteiger partial charge in [-0.05, 0) is 64.5 Å². The summed E-state index contributed by atoms with van der Waals surface area (Å²) in [6.45, 7) is 11.3. The van der Waals surface area contributed by atoms with E-state index in [0.717, 1.165) is 55.8 Å². The molecule has 1 amide bonds. The van der Waals surface area contributed by atoms with Crippen molar-refractivity contribution in [3.8, 4) is 0 Å². The minimum Gasteiger partial charge on any atom is -0.443 e. The molecule has 0 aliphatic carbocycles. The number of hydrogen-bond donors (Lipinski definition) is 0. The lowest BCUT2D eigenvalue weighted by Crippen LogP contribution is -2.40. The smallest absolute Gasteiger partial charge is 0.416 e. The van der Waals surface area contributed by atoms with Crippen LogP contribution in [0.5, 0.6) is 0 Å². The number of anilines is 1. The fourth-order valence-corrected chi connectivity index (χ4v) is 2.79. The first-order chi connectivity index (χ1) is 11.9. The zero-order valence-electron chi connectivity index (χ0n) is 15.7. The average molecular weight is 346 g/mol. The number of unbranched alkanes of at least 4 members (excludes halogenated alkanes) is 1. The summed E-state index contributed by atoms with van der Waals surface area (Å²) in [4.78, 5) is 18.9. The topological polar surface area (TPSA) is 51.7 Å². The quantitative estimate of drug-likeness (QED) is 0.546. The van der Waals surface area contributed by atoms with Crippen LogP contribution in [0.1, 0.15) is 51.3 Å². The molecule has 1 aliphatic heterocycles. The first kappa shape index (κ1) is 19.4. The van der Waals surface area contributed by atoms with Gasteiger partial charge in [0.2, 0.25) is 0 Å². The third-order valence-corrected chi connectivity index (χ3v) is 3.92. The normalized spacial score (nSPS) is 14.1. The van der Waals surface area contributed by atoms with E-state index in [-0.39, 0.29) is 6.09 Å². The number of fused-ring (bicyclic) bond motifs is 1. The highest BCUT2D eigenvalue weighted by atomic mass is 16.6. The number of carbonyl (C=O) groups is 1. The molecule has 0 spiro atoms. The van der Waals surface area contributed by atoms with Crippen molar-refractivity contribution in [1.82, 2.24) is 4.98 Å². The molecule has 138 valence electrons. The Kier molecular flexibility index (Phi) is 7.00. The van der Waals surface area contributed by atoms with Crippen molar-refractivity contribution < 1.29 is 14.3 Å². The monoisotopic (exact) mass is 346 g/mol. The zero-order valence-corrected chi connectivity index (χ0v) is 15.7. The molecule has 0 N–H and O–H groups in total. The van der Waals surface area contributed by atoms with E-state index in [2.05, 4.69) is 18.7 Å². The molecule has 0 radical (unpaired) electrons. The van der Waals surface area contributed by atoms with Gasteiger partial charge in [-0.15, -0.1) is 6.58 Å². The lowest BCUT2D eigenvalue weighted by Gasteiger charge is -2.31. The summed E-state index contributed by atoms with van der Waals surface area (Å²) >= 11 is 0. The van der Waals surface area contributed by atoms with Crippen LogP contribution in [0.3, 0.4) is 0 Å². The minimum absolute atomic E-state index is 0.309. The van der Waals surface area contributed by atoms with Gasteiger partial charge in [0.05, 0.1) is 6.61 Å². The van der Waals surface area contributed by atoms with E-state index in [1.54, 1.807) is 11.0 Å². The van der Waals surface area contributed by atoms with Crippen LogP contribution in [-0.4, -0.2) is 36.4 Å². The number of amides is 1. The molecule has 0 aromatic carbocycles. The van der Waals surface area contributed by atoms with Gasteiger partial charge in [-0.2, -0.15) is 0 Å². The van der Waals surface area contributed by atoms with Crippen molar-refractivity contribution in [3.63, 3.8) is 0 Å². The van der Waals surface area contributed by atoms with Crippen LogP contribution < -0.4 is 4.90 Å². The van der Waals surface area contributed by atoms with Crippen LogP contribution in [0.4, 0.5) is 10.6 Å². The molecule has 1 aliphatic rings. The van der Waals surface area contributed by atoms with E-state index in [0.29, 0.717) is 13.2 Å². The summed E-state index contributed by atoms with van der Waals surface area (Å²) < 4.78 is 10.9. The van der Waals surface area contributed by atoms with Crippen LogP contribution in [0, 0.1) is 0 Å². The maximum atomic E-state index is 12.5. The van der Waals surface area contributed by atoms with E-state index in [4.69, 9.17) is 14.5 Å². The second-order valence-electron chi connectivity index (χ2n) is 7.34. The van der Waals surface area contributed by atoms with Gasteiger partial charge in [-0.1, -0.05) is 12.1 Å². The van der Waals surface area contributed by atoms with Gasteiger partial charge < -0.3 is 9.47 Å². The molecular weight excluding hydrogens is 316 g/mol. The first-order valence-corrected chi connectivity index (χ1v) is 9.08. The van der Waals surface area contributed by atoms with Crippen LogP contribution in [0.15, 0.2) is 24.8 Å². The van der Waals surface area contributed by atoms with E-state index < -0.39 is 5.60 Å². The second kappa shape index (κ2) is 8.99. The van der Waals surface area contributed by atoms with Crippen LogP contribution >= 0.6 is 0 Å². The predicted octanol–water partition coefficient (Wildman–Crippen LogP) is 4.29. The Hall–Kier alpha value is -1.88. The fourth-order valence-electron chi connectivity index (χ4n) is 2.79. The highest BCUT2D eigenvalue weighted by Gasteiger charge is 2.28. The van der Waals surface area contributed by atoms with Gasteiger partial charge in [0.25, 0.3) is 0 Å². The molecule has 2 rings (SSSR count). The highest BCUT2D eigenvalue weighted by molar-refractivity contribution is 5.88. The van der Waals surface area contributed by atoms with Crippen molar-refractivity contribution in [2.45, 2.75) is 58.5 Å². The van der Waals surface area contributed by atoms with Gasteiger partial charge in [0.15, 0.2) is 0 Å². The SMILES string of the molecule is C=CCOCCCCc1ccc2c(n1)N(C(=O)OC(C)(C)C)CCC2. The summed E-state index contributed by atoms with van der Waals surface area (Å²) in [7, 11) is 0. The minimum atomic E-state index is -0.502. The Morgan fingerprint density at radius 1 is 1.36 bits per heavy atom. The maximum absolute atomic E-state index is 12.5. The molecule has 2 heterocycles. The van der Waals surface area contributed by atoms with Crippen molar-refractivity contribution in [2.24, 2.45) is 0 Å². The summed E-state index contributed by atoms with van der Waals surface area (Å²) in [5.74, 6) is 0.765. The number of aryl methyl sites for hydroxylation is 2.